The maximum Gasteiger partial charge on any atom is 0.168 e. The van der Waals surface area contributed by atoms with E-state index >= 15 is 0 Å². The molecule has 2 aromatic carbocycles. The lowest BCUT2D eigenvalue weighted by atomic mass is 9.96. The van der Waals surface area contributed by atoms with Gasteiger partial charge < -0.3 is 10.5 Å². The van der Waals surface area contributed by atoms with Crippen LogP contribution < -0.4 is 10.5 Å². The predicted molar refractivity (Wildman–Crippen MR) is 79.8 cm³/mol. The molecule has 0 bridgehead atoms. The second kappa shape index (κ2) is 6.25. The third-order valence-electron chi connectivity index (χ3n) is 3.34. The fourth-order valence-corrected chi connectivity index (χ4v) is 2.41. The standard InChI is InChI=1S/C16H17ClFNO/c1-10-6-7-12(17)9-13(10)14(19)8-11-4-3-5-15(20-2)16(11)18/h3-7,9,14H,8,19H2,1-2H3. The Morgan fingerprint density at radius 1 is 1.30 bits per heavy atom. The van der Waals surface area contributed by atoms with Crippen LogP contribution in [-0.2, 0) is 6.42 Å². The van der Waals surface area contributed by atoms with E-state index in [4.69, 9.17) is 22.1 Å². The van der Waals surface area contributed by atoms with Crippen molar-refractivity contribution in [1.82, 2.24) is 0 Å². The number of nitrogens with two attached hydrogens (primary N) is 1. The van der Waals surface area contributed by atoms with Crippen LogP contribution in [-0.4, -0.2) is 7.11 Å². The van der Waals surface area contributed by atoms with Crippen molar-refractivity contribution in [1.29, 1.82) is 0 Å². The van der Waals surface area contributed by atoms with Crippen LogP contribution >= 0.6 is 11.6 Å². The number of methoxy groups -OCH3 is 1. The van der Waals surface area contributed by atoms with Gasteiger partial charge in [0, 0.05) is 11.1 Å². The van der Waals surface area contributed by atoms with Crippen LogP contribution in [0.5, 0.6) is 5.75 Å². The van der Waals surface area contributed by atoms with Crippen LogP contribution in [0.3, 0.4) is 0 Å². The second-order valence-electron chi connectivity index (χ2n) is 4.74. The fourth-order valence-electron chi connectivity index (χ4n) is 2.23. The summed E-state index contributed by atoms with van der Waals surface area (Å²) in [5, 5.41) is 0.632. The first kappa shape index (κ1) is 14.8. The molecule has 0 saturated carbocycles. The monoisotopic (exact) mass is 293 g/mol. The normalized spacial score (nSPS) is 12.2. The first-order valence-corrected chi connectivity index (χ1v) is 6.73. The minimum atomic E-state index is -0.356. The van der Waals surface area contributed by atoms with Crippen molar-refractivity contribution in [3.8, 4) is 5.75 Å². The van der Waals surface area contributed by atoms with E-state index in [0.717, 1.165) is 11.1 Å². The molecule has 0 fully saturated rings. The van der Waals surface area contributed by atoms with Crippen molar-refractivity contribution < 1.29 is 9.13 Å². The minimum absolute atomic E-state index is 0.234. The van der Waals surface area contributed by atoms with Crippen LogP contribution in [0.15, 0.2) is 36.4 Å². The Bertz CT molecular complexity index is 615. The van der Waals surface area contributed by atoms with E-state index in [9.17, 15) is 4.39 Å². The molecule has 0 aliphatic heterocycles. The van der Waals surface area contributed by atoms with Gasteiger partial charge in [-0.1, -0.05) is 29.8 Å². The number of rotatable bonds is 4. The van der Waals surface area contributed by atoms with Crippen LogP contribution in [0.25, 0.3) is 0 Å². The van der Waals surface area contributed by atoms with Gasteiger partial charge in [0.1, 0.15) is 0 Å². The molecule has 0 amide bonds. The molecule has 2 N–H and O–H groups in total. The van der Waals surface area contributed by atoms with Gasteiger partial charge in [-0.2, -0.15) is 0 Å². The van der Waals surface area contributed by atoms with E-state index in [0.29, 0.717) is 17.0 Å². The summed E-state index contributed by atoms with van der Waals surface area (Å²) in [5.41, 5.74) is 8.71. The second-order valence-corrected chi connectivity index (χ2v) is 5.18. The molecule has 0 radical (unpaired) electrons. The average molecular weight is 294 g/mol. The summed E-state index contributed by atoms with van der Waals surface area (Å²) < 4.78 is 19.1. The SMILES string of the molecule is COc1cccc(CC(N)c2cc(Cl)ccc2C)c1F. The highest BCUT2D eigenvalue weighted by Crippen LogP contribution is 2.26. The predicted octanol–water partition coefficient (Wildman–Crippen LogP) is 4.04. The Hall–Kier alpha value is -1.58. The Morgan fingerprint density at radius 2 is 2.05 bits per heavy atom. The van der Waals surface area contributed by atoms with E-state index < -0.39 is 0 Å². The van der Waals surface area contributed by atoms with Crippen LogP contribution in [0.1, 0.15) is 22.7 Å². The van der Waals surface area contributed by atoms with Crippen molar-refractivity contribution in [2.75, 3.05) is 7.11 Å². The maximum absolute atomic E-state index is 14.1. The van der Waals surface area contributed by atoms with Gasteiger partial charge in [0.05, 0.1) is 7.11 Å². The highest BCUT2D eigenvalue weighted by molar-refractivity contribution is 6.30. The Balaban J connectivity index is 2.28. The molecule has 20 heavy (non-hydrogen) atoms. The van der Waals surface area contributed by atoms with Gasteiger partial charge in [0.25, 0.3) is 0 Å². The molecule has 0 aromatic heterocycles. The summed E-state index contributed by atoms with van der Waals surface area (Å²) in [7, 11) is 1.45. The zero-order valence-corrected chi connectivity index (χ0v) is 12.2. The molecule has 4 heteroatoms. The number of halogens is 2. The lowest BCUT2D eigenvalue weighted by Crippen LogP contribution is -2.15. The van der Waals surface area contributed by atoms with Gasteiger partial charge in [-0.25, -0.2) is 4.39 Å². The van der Waals surface area contributed by atoms with Crippen molar-refractivity contribution in [2.24, 2.45) is 5.73 Å². The van der Waals surface area contributed by atoms with E-state index in [1.165, 1.54) is 7.11 Å². The van der Waals surface area contributed by atoms with Gasteiger partial charge >= 0.3 is 0 Å². The lowest BCUT2D eigenvalue weighted by Gasteiger charge is -2.16. The molecule has 2 rings (SSSR count). The molecule has 106 valence electrons. The molecule has 0 aliphatic carbocycles. The number of hydrogen-bond donors (Lipinski definition) is 1. The molecule has 0 aliphatic rings. The fraction of sp³-hybridized carbons (Fsp3) is 0.250. The van der Waals surface area contributed by atoms with E-state index in [2.05, 4.69) is 0 Å². The molecule has 0 spiro atoms. The minimum Gasteiger partial charge on any atom is -0.494 e. The Morgan fingerprint density at radius 3 is 2.75 bits per heavy atom. The van der Waals surface area contributed by atoms with Gasteiger partial charge in [0.15, 0.2) is 11.6 Å². The maximum atomic E-state index is 14.1. The molecule has 2 aromatic rings. The molecule has 2 nitrogen and oxygen atoms in total. The van der Waals surface area contributed by atoms with Crippen LogP contribution in [0.2, 0.25) is 5.02 Å². The Labute approximate surface area is 123 Å². The van der Waals surface area contributed by atoms with Crippen molar-refractivity contribution >= 4 is 11.6 Å². The average Bonchev–Trinajstić information content (AvgIpc) is 2.43. The van der Waals surface area contributed by atoms with Gasteiger partial charge in [-0.15, -0.1) is 0 Å². The highest BCUT2D eigenvalue weighted by atomic mass is 35.5. The summed E-state index contributed by atoms with van der Waals surface area (Å²) in [6.45, 7) is 1.97. The third kappa shape index (κ3) is 3.11. The summed E-state index contributed by atoms with van der Waals surface area (Å²) >= 11 is 5.99. The van der Waals surface area contributed by atoms with Gasteiger partial charge in [-0.05, 0) is 48.2 Å². The van der Waals surface area contributed by atoms with E-state index in [1.54, 1.807) is 18.2 Å². The molecule has 0 saturated heterocycles. The third-order valence-corrected chi connectivity index (χ3v) is 3.58. The molecule has 1 unspecified atom stereocenters. The first-order chi connectivity index (χ1) is 9.52. The molecular formula is C16H17ClFNO. The van der Waals surface area contributed by atoms with Crippen molar-refractivity contribution in [3.63, 3.8) is 0 Å². The quantitative estimate of drug-likeness (QED) is 0.923. The zero-order valence-electron chi connectivity index (χ0n) is 11.5. The first-order valence-electron chi connectivity index (χ1n) is 6.36. The summed E-state index contributed by atoms with van der Waals surface area (Å²) in [6.07, 6.45) is 0.393. The van der Waals surface area contributed by atoms with Crippen molar-refractivity contribution in [2.45, 2.75) is 19.4 Å². The number of aryl methyl sites for hydroxylation is 1. The lowest BCUT2D eigenvalue weighted by molar-refractivity contribution is 0.383. The highest BCUT2D eigenvalue weighted by Gasteiger charge is 2.15. The van der Waals surface area contributed by atoms with E-state index in [1.807, 2.05) is 25.1 Å². The largest absolute Gasteiger partial charge is 0.494 e. The smallest absolute Gasteiger partial charge is 0.168 e. The summed E-state index contributed by atoms with van der Waals surface area (Å²) in [4.78, 5) is 0. The molecular weight excluding hydrogens is 277 g/mol. The zero-order chi connectivity index (χ0) is 14.7. The van der Waals surface area contributed by atoms with Crippen LogP contribution in [0, 0.1) is 12.7 Å². The van der Waals surface area contributed by atoms with Crippen molar-refractivity contribution in [3.05, 3.63) is 63.9 Å². The topological polar surface area (TPSA) is 35.2 Å². The number of ether oxygens (including phenoxy) is 1. The number of benzene rings is 2. The van der Waals surface area contributed by atoms with Gasteiger partial charge in [0.2, 0.25) is 0 Å². The van der Waals surface area contributed by atoms with E-state index in [-0.39, 0.29) is 17.6 Å². The number of hydrogen-bond acceptors (Lipinski definition) is 2. The van der Waals surface area contributed by atoms with Crippen LogP contribution in [0.4, 0.5) is 4.39 Å². The summed E-state index contributed by atoms with van der Waals surface area (Å²) in [5.74, 6) is -0.123. The molecule has 0 heterocycles. The summed E-state index contributed by atoms with van der Waals surface area (Å²) in [6, 6.07) is 10.3. The Kier molecular flexibility index (Phi) is 4.63. The van der Waals surface area contributed by atoms with Gasteiger partial charge in [-0.3, -0.25) is 0 Å². The molecule has 1 atom stereocenters.